The van der Waals surface area contributed by atoms with E-state index in [9.17, 15) is 0 Å². The monoisotopic (exact) mass is 163 g/mol. The van der Waals surface area contributed by atoms with E-state index in [0.29, 0.717) is 0 Å². The van der Waals surface area contributed by atoms with Crippen LogP contribution in [-0.2, 0) is 6.42 Å². The van der Waals surface area contributed by atoms with Crippen molar-refractivity contribution in [3.05, 3.63) is 36.2 Å². The van der Waals surface area contributed by atoms with Crippen molar-refractivity contribution in [3.63, 3.8) is 0 Å². The predicted molar refractivity (Wildman–Crippen MR) is 51.4 cm³/mol. The highest BCUT2D eigenvalue weighted by Gasteiger charge is 2.03. The summed E-state index contributed by atoms with van der Waals surface area (Å²) in [5.74, 6) is 1.01. The largest absolute Gasteiger partial charge is 0.496 e. The van der Waals surface area contributed by atoms with Crippen LogP contribution in [0.5, 0.6) is 5.75 Å². The Bertz CT molecular complexity index is 253. The van der Waals surface area contributed by atoms with Crippen molar-refractivity contribution in [3.8, 4) is 5.75 Å². The Labute approximate surface area is 74.4 Å². The minimum Gasteiger partial charge on any atom is -0.496 e. The van der Waals surface area contributed by atoms with E-state index in [2.05, 4.69) is 32.0 Å². The molecule has 0 aromatic heterocycles. The maximum Gasteiger partial charge on any atom is 0.124 e. The first kappa shape index (κ1) is 9.11. The molecule has 1 nitrogen and oxygen atoms in total. The molecule has 0 bridgehead atoms. The Kier molecular flexibility index (Phi) is 3.15. The van der Waals surface area contributed by atoms with Crippen molar-refractivity contribution in [2.24, 2.45) is 0 Å². The molecule has 0 N–H and O–H groups in total. The normalized spacial score (nSPS) is 9.92. The van der Waals surface area contributed by atoms with Crippen LogP contribution in [0.25, 0.3) is 0 Å². The molecular weight excluding hydrogens is 148 g/mol. The van der Waals surface area contributed by atoms with Gasteiger partial charge >= 0.3 is 0 Å². The van der Waals surface area contributed by atoms with Gasteiger partial charge in [-0.25, -0.2) is 0 Å². The van der Waals surface area contributed by atoms with Gasteiger partial charge in [-0.15, -0.1) is 0 Å². The molecule has 1 aromatic carbocycles. The lowest BCUT2D eigenvalue weighted by Gasteiger charge is -2.09. The summed E-state index contributed by atoms with van der Waals surface area (Å²) in [6, 6.07) is 6.21. The summed E-state index contributed by atoms with van der Waals surface area (Å²) in [6.07, 6.45) is 1.91. The van der Waals surface area contributed by atoms with Crippen molar-refractivity contribution < 1.29 is 4.74 Å². The second kappa shape index (κ2) is 4.15. The Hall–Kier alpha value is -0.980. The smallest absolute Gasteiger partial charge is 0.124 e. The fraction of sp³-hybridized carbons (Fsp3) is 0.364. The molecule has 0 saturated carbocycles. The first-order valence-electron chi connectivity index (χ1n) is 4.21. The van der Waals surface area contributed by atoms with Crippen LogP contribution >= 0.6 is 0 Å². The lowest BCUT2D eigenvalue weighted by molar-refractivity contribution is 0.406. The number of hydrogen-bond donors (Lipinski definition) is 0. The Morgan fingerprint density at radius 1 is 1.42 bits per heavy atom. The molecule has 0 amide bonds. The molecule has 12 heavy (non-hydrogen) atoms. The zero-order valence-corrected chi connectivity index (χ0v) is 7.76. The molecule has 0 aliphatic carbocycles. The van der Waals surface area contributed by atoms with Crippen LogP contribution < -0.4 is 4.74 Å². The van der Waals surface area contributed by atoms with Crippen LogP contribution in [0.15, 0.2) is 18.2 Å². The van der Waals surface area contributed by atoms with Gasteiger partial charge in [0, 0.05) is 0 Å². The average molecular weight is 163 g/mol. The SMILES string of the molecule is [CH2]CCc1cccc(C)c1OC. The molecule has 0 spiro atoms. The number of hydrogen-bond acceptors (Lipinski definition) is 1. The Balaban J connectivity index is 3.00. The number of ether oxygens (including phenoxy) is 1. The summed E-state index contributed by atoms with van der Waals surface area (Å²) in [6.45, 7) is 5.89. The summed E-state index contributed by atoms with van der Waals surface area (Å²) >= 11 is 0. The van der Waals surface area contributed by atoms with Crippen LogP contribution in [0.4, 0.5) is 0 Å². The molecule has 0 aliphatic rings. The third-order valence-electron chi connectivity index (χ3n) is 1.94. The first-order chi connectivity index (χ1) is 5.79. The highest BCUT2D eigenvalue weighted by Crippen LogP contribution is 2.23. The van der Waals surface area contributed by atoms with Gasteiger partial charge in [-0.05, 0) is 30.9 Å². The highest BCUT2D eigenvalue weighted by atomic mass is 16.5. The topological polar surface area (TPSA) is 9.23 Å². The number of aryl methyl sites for hydroxylation is 2. The summed E-state index contributed by atoms with van der Waals surface area (Å²) in [7, 11) is 1.72. The third kappa shape index (κ3) is 1.79. The maximum absolute atomic E-state index is 5.30. The van der Waals surface area contributed by atoms with Crippen molar-refractivity contribution in [2.75, 3.05) is 7.11 Å². The van der Waals surface area contributed by atoms with Gasteiger partial charge in [-0.1, -0.05) is 25.1 Å². The molecule has 1 radical (unpaired) electrons. The fourth-order valence-electron chi connectivity index (χ4n) is 1.39. The van der Waals surface area contributed by atoms with Gasteiger partial charge in [0.2, 0.25) is 0 Å². The number of rotatable bonds is 3. The average Bonchev–Trinajstić information content (AvgIpc) is 2.05. The van der Waals surface area contributed by atoms with E-state index in [0.717, 1.165) is 18.6 Å². The molecule has 65 valence electrons. The van der Waals surface area contributed by atoms with E-state index < -0.39 is 0 Å². The summed E-state index contributed by atoms with van der Waals surface area (Å²) in [4.78, 5) is 0. The van der Waals surface area contributed by atoms with Gasteiger partial charge in [-0.3, -0.25) is 0 Å². The second-order valence-corrected chi connectivity index (χ2v) is 2.87. The molecule has 0 saturated heterocycles. The molecule has 0 heterocycles. The molecule has 0 atom stereocenters. The van der Waals surface area contributed by atoms with E-state index in [-0.39, 0.29) is 0 Å². The van der Waals surface area contributed by atoms with Gasteiger partial charge < -0.3 is 4.74 Å². The zero-order chi connectivity index (χ0) is 8.97. The maximum atomic E-state index is 5.30. The van der Waals surface area contributed by atoms with E-state index >= 15 is 0 Å². The van der Waals surface area contributed by atoms with E-state index in [4.69, 9.17) is 4.74 Å². The van der Waals surface area contributed by atoms with E-state index in [1.165, 1.54) is 11.1 Å². The lowest BCUT2D eigenvalue weighted by Crippen LogP contribution is -1.93. The van der Waals surface area contributed by atoms with Crippen molar-refractivity contribution in [1.29, 1.82) is 0 Å². The Morgan fingerprint density at radius 3 is 2.75 bits per heavy atom. The van der Waals surface area contributed by atoms with Crippen LogP contribution in [0.2, 0.25) is 0 Å². The van der Waals surface area contributed by atoms with Crippen LogP contribution in [-0.4, -0.2) is 7.11 Å². The van der Waals surface area contributed by atoms with Gasteiger partial charge in [0.05, 0.1) is 7.11 Å². The van der Waals surface area contributed by atoms with Crippen molar-refractivity contribution in [2.45, 2.75) is 19.8 Å². The van der Waals surface area contributed by atoms with E-state index in [1.54, 1.807) is 7.11 Å². The molecule has 0 fully saturated rings. The van der Waals surface area contributed by atoms with Gasteiger partial charge in [-0.2, -0.15) is 0 Å². The van der Waals surface area contributed by atoms with Gasteiger partial charge in [0.25, 0.3) is 0 Å². The molecule has 1 rings (SSSR count). The summed E-state index contributed by atoms with van der Waals surface area (Å²) in [5.41, 5.74) is 2.45. The van der Waals surface area contributed by atoms with Crippen LogP contribution in [0.3, 0.4) is 0 Å². The quantitative estimate of drug-likeness (QED) is 0.665. The Morgan fingerprint density at radius 2 is 2.17 bits per heavy atom. The highest BCUT2D eigenvalue weighted by molar-refractivity contribution is 5.40. The van der Waals surface area contributed by atoms with Crippen LogP contribution in [0.1, 0.15) is 17.5 Å². The predicted octanol–water partition coefficient (Wildman–Crippen LogP) is 2.77. The van der Waals surface area contributed by atoms with E-state index in [1.807, 2.05) is 0 Å². The third-order valence-corrected chi connectivity index (χ3v) is 1.94. The standard InChI is InChI=1S/C11H15O/c1-4-6-10-8-5-7-9(2)11(10)12-3/h5,7-8H,1,4,6H2,2-3H3. The minimum absolute atomic E-state index is 0.916. The molecule has 1 aromatic rings. The zero-order valence-electron chi connectivity index (χ0n) is 7.76. The van der Waals surface area contributed by atoms with Crippen LogP contribution in [0, 0.1) is 13.8 Å². The van der Waals surface area contributed by atoms with Gasteiger partial charge in [0.1, 0.15) is 5.75 Å². The fourth-order valence-corrected chi connectivity index (χ4v) is 1.39. The molecular formula is C11H15O. The number of benzene rings is 1. The van der Waals surface area contributed by atoms with Crippen molar-refractivity contribution >= 4 is 0 Å². The molecule has 0 aliphatic heterocycles. The minimum atomic E-state index is 0.916. The summed E-state index contributed by atoms with van der Waals surface area (Å²) in [5, 5.41) is 0. The lowest BCUT2D eigenvalue weighted by atomic mass is 10.1. The van der Waals surface area contributed by atoms with Gasteiger partial charge in [0.15, 0.2) is 0 Å². The second-order valence-electron chi connectivity index (χ2n) is 2.87. The summed E-state index contributed by atoms with van der Waals surface area (Å²) < 4.78 is 5.30. The number of methoxy groups -OCH3 is 1. The molecule has 1 heteroatoms. The van der Waals surface area contributed by atoms with Crippen molar-refractivity contribution in [1.82, 2.24) is 0 Å². The first-order valence-corrected chi connectivity index (χ1v) is 4.21. The number of para-hydroxylation sites is 1. The molecule has 0 unspecified atom stereocenters.